The quantitative estimate of drug-likeness (QED) is 0.847. The molecule has 0 amide bonds. The van der Waals surface area contributed by atoms with E-state index in [-0.39, 0.29) is 24.7 Å². The minimum atomic E-state index is -4.31. The predicted molar refractivity (Wildman–Crippen MR) is 64.8 cm³/mol. The van der Waals surface area contributed by atoms with Gasteiger partial charge in [0.1, 0.15) is 0 Å². The van der Waals surface area contributed by atoms with Crippen LogP contribution in [-0.2, 0) is 17.5 Å². The number of benzene rings is 1. The van der Waals surface area contributed by atoms with Crippen molar-refractivity contribution in [2.45, 2.75) is 44.2 Å². The van der Waals surface area contributed by atoms with Gasteiger partial charge in [-0.3, -0.25) is 0 Å². The van der Waals surface area contributed by atoms with Crippen molar-refractivity contribution in [3.63, 3.8) is 0 Å². The molecule has 0 radical (unpaired) electrons. The molecule has 2 aliphatic rings. The normalized spacial score (nSPS) is 30.0. The van der Waals surface area contributed by atoms with Crippen molar-refractivity contribution < 1.29 is 17.9 Å². The van der Waals surface area contributed by atoms with Gasteiger partial charge in [-0.1, -0.05) is 19.1 Å². The summed E-state index contributed by atoms with van der Waals surface area (Å²) in [6, 6.07) is 4.67. The molecule has 0 saturated carbocycles. The van der Waals surface area contributed by atoms with Crippen LogP contribution >= 0.6 is 0 Å². The number of halogens is 3. The topological polar surface area (TPSA) is 21.3 Å². The molecule has 1 N–H and O–H groups in total. The first-order valence-electron chi connectivity index (χ1n) is 6.56. The second-order valence-corrected chi connectivity index (χ2v) is 5.17. The van der Waals surface area contributed by atoms with Gasteiger partial charge in [-0.05, 0) is 23.6 Å². The summed E-state index contributed by atoms with van der Waals surface area (Å²) in [6.45, 7) is 2.82. The zero-order valence-electron chi connectivity index (χ0n) is 10.6. The SMILES string of the molecule is CCC1NCC2OCc3c(cccc3C(F)(F)F)C12. The fourth-order valence-corrected chi connectivity index (χ4v) is 3.29. The van der Waals surface area contributed by atoms with E-state index in [2.05, 4.69) is 5.32 Å². The molecular weight excluding hydrogens is 255 g/mol. The molecule has 3 rings (SSSR count). The molecule has 0 aliphatic carbocycles. The predicted octanol–water partition coefficient (Wildman–Crippen LogP) is 3.07. The van der Waals surface area contributed by atoms with E-state index in [1.807, 2.05) is 13.0 Å². The minimum Gasteiger partial charge on any atom is -0.371 e. The average molecular weight is 271 g/mol. The van der Waals surface area contributed by atoms with Crippen molar-refractivity contribution in [3.8, 4) is 0 Å². The molecule has 1 aromatic carbocycles. The number of rotatable bonds is 1. The minimum absolute atomic E-state index is 0.000865. The number of hydrogen-bond acceptors (Lipinski definition) is 2. The van der Waals surface area contributed by atoms with Gasteiger partial charge in [-0.15, -0.1) is 0 Å². The molecule has 1 saturated heterocycles. The van der Waals surface area contributed by atoms with Crippen molar-refractivity contribution in [2.75, 3.05) is 6.54 Å². The van der Waals surface area contributed by atoms with E-state index in [4.69, 9.17) is 4.74 Å². The lowest BCUT2D eigenvalue weighted by atomic mass is 9.82. The maximum absolute atomic E-state index is 13.0. The summed E-state index contributed by atoms with van der Waals surface area (Å²) in [5.74, 6) is 0.0380. The van der Waals surface area contributed by atoms with Gasteiger partial charge in [0.05, 0.1) is 18.3 Å². The molecule has 2 nitrogen and oxygen atoms in total. The Hall–Kier alpha value is -1.07. The third kappa shape index (κ3) is 2.05. The van der Waals surface area contributed by atoms with Crippen molar-refractivity contribution in [1.29, 1.82) is 0 Å². The Balaban J connectivity index is 2.08. The monoisotopic (exact) mass is 271 g/mol. The number of alkyl halides is 3. The molecule has 3 unspecified atom stereocenters. The number of hydrogen-bond donors (Lipinski definition) is 1. The van der Waals surface area contributed by atoms with Crippen LogP contribution in [0.4, 0.5) is 13.2 Å². The van der Waals surface area contributed by atoms with E-state index < -0.39 is 11.7 Å². The highest BCUT2D eigenvalue weighted by molar-refractivity contribution is 5.42. The molecule has 104 valence electrons. The van der Waals surface area contributed by atoms with Crippen LogP contribution < -0.4 is 5.32 Å². The Kier molecular flexibility index (Phi) is 3.06. The van der Waals surface area contributed by atoms with Gasteiger partial charge in [0.2, 0.25) is 0 Å². The Morgan fingerprint density at radius 2 is 2.16 bits per heavy atom. The highest BCUT2D eigenvalue weighted by Crippen LogP contribution is 2.43. The smallest absolute Gasteiger partial charge is 0.371 e. The largest absolute Gasteiger partial charge is 0.416 e. The lowest BCUT2D eigenvalue weighted by Crippen LogP contribution is -2.31. The summed E-state index contributed by atoms with van der Waals surface area (Å²) in [5.41, 5.74) is 0.575. The molecule has 1 fully saturated rings. The molecule has 0 spiro atoms. The van der Waals surface area contributed by atoms with Crippen LogP contribution in [0.2, 0.25) is 0 Å². The number of nitrogens with one attached hydrogen (secondary N) is 1. The Morgan fingerprint density at radius 3 is 2.84 bits per heavy atom. The highest BCUT2D eigenvalue weighted by atomic mass is 19.4. The van der Waals surface area contributed by atoms with E-state index >= 15 is 0 Å². The van der Waals surface area contributed by atoms with Gasteiger partial charge >= 0.3 is 6.18 Å². The van der Waals surface area contributed by atoms with Crippen molar-refractivity contribution >= 4 is 0 Å². The first-order valence-corrected chi connectivity index (χ1v) is 6.56. The first-order chi connectivity index (χ1) is 9.02. The zero-order valence-corrected chi connectivity index (χ0v) is 10.6. The maximum Gasteiger partial charge on any atom is 0.416 e. The van der Waals surface area contributed by atoms with Crippen LogP contribution in [0.15, 0.2) is 18.2 Å². The lowest BCUT2D eigenvalue weighted by Gasteiger charge is -2.32. The van der Waals surface area contributed by atoms with Crippen LogP contribution in [0, 0.1) is 0 Å². The summed E-state index contributed by atoms with van der Waals surface area (Å²) in [4.78, 5) is 0. The molecule has 19 heavy (non-hydrogen) atoms. The number of ether oxygens (including phenoxy) is 1. The Bertz CT molecular complexity index is 486. The summed E-state index contributed by atoms with van der Waals surface area (Å²) in [5, 5.41) is 3.34. The average Bonchev–Trinajstić information content (AvgIpc) is 2.80. The Labute approximate surface area is 109 Å². The fourth-order valence-electron chi connectivity index (χ4n) is 3.29. The van der Waals surface area contributed by atoms with Crippen molar-refractivity contribution in [3.05, 3.63) is 34.9 Å². The molecule has 1 aromatic rings. The number of fused-ring (bicyclic) bond motifs is 3. The lowest BCUT2D eigenvalue weighted by molar-refractivity contribution is -0.139. The second kappa shape index (κ2) is 4.49. The molecule has 0 aromatic heterocycles. The third-order valence-electron chi connectivity index (χ3n) is 4.17. The molecule has 3 atom stereocenters. The van der Waals surface area contributed by atoms with Gasteiger partial charge < -0.3 is 10.1 Å². The van der Waals surface area contributed by atoms with Gasteiger partial charge in [0.25, 0.3) is 0 Å². The van der Waals surface area contributed by atoms with E-state index in [1.165, 1.54) is 6.07 Å². The van der Waals surface area contributed by atoms with Crippen LogP contribution in [0.5, 0.6) is 0 Å². The molecule has 2 heterocycles. The van der Waals surface area contributed by atoms with Crippen LogP contribution in [0.25, 0.3) is 0 Å². The van der Waals surface area contributed by atoms with Gasteiger partial charge in [-0.2, -0.15) is 13.2 Å². The van der Waals surface area contributed by atoms with Crippen LogP contribution in [0.3, 0.4) is 0 Å². The van der Waals surface area contributed by atoms with Gasteiger partial charge in [0, 0.05) is 18.5 Å². The standard InChI is InChI=1S/C14H16F3NO/c1-2-11-13-8-4-3-5-10(14(15,16)17)9(8)7-19-12(13)6-18-11/h3-5,11-13,18H,2,6-7H2,1H3. The second-order valence-electron chi connectivity index (χ2n) is 5.17. The summed E-state index contributed by atoms with van der Waals surface area (Å²) in [7, 11) is 0. The Morgan fingerprint density at radius 1 is 1.37 bits per heavy atom. The van der Waals surface area contributed by atoms with Gasteiger partial charge in [0.15, 0.2) is 0 Å². The van der Waals surface area contributed by atoms with Gasteiger partial charge in [-0.25, -0.2) is 0 Å². The summed E-state index contributed by atoms with van der Waals surface area (Å²) >= 11 is 0. The van der Waals surface area contributed by atoms with Crippen LogP contribution in [0.1, 0.15) is 36.0 Å². The van der Waals surface area contributed by atoms with E-state index in [1.54, 1.807) is 0 Å². The van der Waals surface area contributed by atoms with Crippen molar-refractivity contribution in [2.24, 2.45) is 0 Å². The zero-order chi connectivity index (χ0) is 13.6. The summed E-state index contributed by atoms with van der Waals surface area (Å²) < 4.78 is 44.7. The van der Waals surface area contributed by atoms with Crippen LogP contribution in [-0.4, -0.2) is 18.7 Å². The molecule has 0 bridgehead atoms. The highest BCUT2D eigenvalue weighted by Gasteiger charge is 2.43. The van der Waals surface area contributed by atoms with E-state index in [0.717, 1.165) is 24.6 Å². The van der Waals surface area contributed by atoms with Crippen molar-refractivity contribution in [1.82, 2.24) is 5.32 Å². The third-order valence-corrected chi connectivity index (χ3v) is 4.17. The maximum atomic E-state index is 13.0. The fraction of sp³-hybridized carbons (Fsp3) is 0.571. The molecule has 5 heteroatoms. The van der Waals surface area contributed by atoms with E-state index in [0.29, 0.717) is 5.56 Å². The molecule has 2 aliphatic heterocycles. The summed E-state index contributed by atoms with van der Waals surface area (Å²) in [6.07, 6.45) is -3.42. The molecular formula is C14H16F3NO. The van der Waals surface area contributed by atoms with E-state index in [9.17, 15) is 13.2 Å². The first kappa shape index (κ1) is 12.9.